The number of fused-ring (bicyclic) bond motifs is 9. The summed E-state index contributed by atoms with van der Waals surface area (Å²) in [5.41, 5.74) is 8.94. The average molecular weight is 654 g/mol. The Kier molecular flexibility index (Phi) is 5.86. The molecule has 51 heavy (non-hydrogen) atoms. The van der Waals surface area contributed by atoms with Crippen molar-refractivity contribution >= 4 is 65.6 Å². The molecule has 11 rings (SSSR count). The van der Waals surface area contributed by atoms with E-state index in [9.17, 15) is 0 Å². The Balaban J connectivity index is 1.27. The molecule has 4 heterocycles. The zero-order valence-electron chi connectivity index (χ0n) is 27.2. The summed E-state index contributed by atoms with van der Waals surface area (Å²) in [4.78, 5) is 15.3. The minimum absolute atomic E-state index is 0.568. The number of nitrogens with zero attached hydrogens (tertiary/aromatic N) is 5. The Morgan fingerprint density at radius 3 is 1.57 bits per heavy atom. The number of furan rings is 1. The van der Waals surface area contributed by atoms with Gasteiger partial charge in [-0.1, -0.05) is 121 Å². The summed E-state index contributed by atoms with van der Waals surface area (Å²) in [6.45, 7) is 0. The molecular weight excluding hydrogens is 627 g/mol. The molecule has 0 saturated heterocycles. The summed E-state index contributed by atoms with van der Waals surface area (Å²) < 4.78 is 10.9. The zero-order valence-corrected chi connectivity index (χ0v) is 27.2. The molecular formula is C45H27N5O. The maximum atomic E-state index is 6.36. The van der Waals surface area contributed by atoms with Crippen LogP contribution in [-0.4, -0.2) is 24.1 Å². The first-order chi connectivity index (χ1) is 25.3. The van der Waals surface area contributed by atoms with Crippen LogP contribution in [-0.2, 0) is 0 Å². The monoisotopic (exact) mass is 653 g/mol. The minimum Gasteiger partial charge on any atom is -0.456 e. The van der Waals surface area contributed by atoms with Crippen LogP contribution in [0.5, 0.6) is 0 Å². The van der Waals surface area contributed by atoms with Crippen molar-refractivity contribution in [2.75, 3.05) is 0 Å². The second kappa shape index (κ2) is 10.7. The molecule has 0 spiro atoms. The summed E-state index contributed by atoms with van der Waals surface area (Å²) in [6.07, 6.45) is 0. The van der Waals surface area contributed by atoms with Crippen LogP contribution >= 0.6 is 0 Å². The summed E-state index contributed by atoms with van der Waals surface area (Å²) in [7, 11) is 0. The van der Waals surface area contributed by atoms with Crippen LogP contribution in [0, 0.1) is 0 Å². The largest absolute Gasteiger partial charge is 0.456 e. The van der Waals surface area contributed by atoms with Crippen molar-refractivity contribution in [3.8, 4) is 34.4 Å². The molecule has 0 saturated carbocycles. The maximum Gasteiger partial charge on any atom is 0.238 e. The van der Waals surface area contributed by atoms with E-state index in [0.717, 1.165) is 71.6 Å². The number of hydrogen-bond donors (Lipinski definition) is 0. The normalized spacial score (nSPS) is 11.9. The first-order valence-corrected chi connectivity index (χ1v) is 17.0. The molecule has 0 bridgehead atoms. The fourth-order valence-corrected chi connectivity index (χ4v) is 7.75. The van der Waals surface area contributed by atoms with Gasteiger partial charge in [0.2, 0.25) is 5.95 Å². The third kappa shape index (κ3) is 4.14. The van der Waals surface area contributed by atoms with E-state index in [0.29, 0.717) is 17.6 Å². The Bertz CT molecular complexity index is 3080. The fourth-order valence-electron chi connectivity index (χ4n) is 7.75. The summed E-state index contributed by atoms with van der Waals surface area (Å²) >= 11 is 0. The highest BCUT2D eigenvalue weighted by Crippen LogP contribution is 2.42. The molecule has 0 N–H and O–H groups in total. The molecule has 7 aromatic carbocycles. The SMILES string of the molecule is c1ccc(-c2nc(-c3ccccc3)nc(-n3c4ccccc4c4cc5c6ccccc6n(-c6cccc7oc8ccccc8c67)c5cc43)n2)cc1. The number of rotatable bonds is 4. The van der Waals surface area contributed by atoms with Gasteiger partial charge in [-0.25, -0.2) is 4.98 Å². The molecule has 6 nitrogen and oxygen atoms in total. The topological polar surface area (TPSA) is 61.7 Å². The quantitative estimate of drug-likeness (QED) is 0.190. The molecule has 0 fully saturated rings. The maximum absolute atomic E-state index is 6.36. The fraction of sp³-hybridized carbons (Fsp3) is 0. The zero-order chi connectivity index (χ0) is 33.5. The summed E-state index contributed by atoms with van der Waals surface area (Å²) in [5, 5.41) is 6.82. The average Bonchev–Trinajstić information content (AvgIpc) is 3.85. The highest BCUT2D eigenvalue weighted by molar-refractivity contribution is 6.20. The molecule has 238 valence electrons. The second-order valence-corrected chi connectivity index (χ2v) is 12.9. The highest BCUT2D eigenvalue weighted by Gasteiger charge is 2.22. The third-order valence-electron chi connectivity index (χ3n) is 9.98. The van der Waals surface area contributed by atoms with Crippen molar-refractivity contribution in [3.63, 3.8) is 0 Å². The van der Waals surface area contributed by atoms with Crippen LogP contribution in [0.2, 0.25) is 0 Å². The third-order valence-corrected chi connectivity index (χ3v) is 9.98. The van der Waals surface area contributed by atoms with Gasteiger partial charge < -0.3 is 8.98 Å². The van der Waals surface area contributed by atoms with E-state index in [4.69, 9.17) is 19.4 Å². The van der Waals surface area contributed by atoms with Gasteiger partial charge >= 0.3 is 0 Å². The predicted octanol–water partition coefficient (Wildman–Crippen LogP) is 11.3. The van der Waals surface area contributed by atoms with Gasteiger partial charge in [-0.3, -0.25) is 4.57 Å². The minimum atomic E-state index is 0.568. The van der Waals surface area contributed by atoms with Crippen molar-refractivity contribution in [2.24, 2.45) is 0 Å². The van der Waals surface area contributed by atoms with Crippen molar-refractivity contribution in [2.45, 2.75) is 0 Å². The van der Waals surface area contributed by atoms with Crippen LogP contribution in [0.15, 0.2) is 168 Å². The van der Waals surface area contributed by atoms with Gasteiger partial charge in [0.05, 0.1) is 33.1 Å². The lowest BCUT2D eigenvalue weighted by Crippen LogP contribution is -2.06. The molecule has 6 heteroatoms. The van der Waals surface area contributed by atoms with Crippen molar-refractivity contribution < 1.29 is 4.42 Å². The molecule has 0 atom stereocenters. The van der Waals surface area contributed by atoms with Crippen molar-refractivity contribution in [1.82, 2.24) is 24.1 Å². The molecule has 0 amide bonds. The van der Waals surface area contributed by atoms with Gasteiger partial charge in [0, 0.05) is 38.1 Å². The first-order valence-electron chi connectivity index (χ1n) is 17.0. The Morgan fingerprint density at radius 2 is 0.902 bits per heavy atom. The lowest BCUT2D eigenvalue weighted by atomic mass is 10.1. The molecule has 0 aliphatic carbocycles. The number of hydrogen-bond acceptors (Lipinski definition) is 4. The lowest BCUT2D eigenvalue weighted by Gasteiger charge is -2.12. The number of benzene rings is 7. The highest BCUT2D eigenvalue weighted by atomic mass is 16.3. The Morgan fingerprint density at radius 1 is 0.373 bits per heavy atom. The van der Waals surface area contributed by atoms with Crippen LogP contribution in [0.1, 0.15) is 0 Å². The van der Waals surface area contributed by atoms with Gasteiger partial charge in [0.1, 0.15) is 11.2 Å². The number of para-hydroxylation sites is 3. The van der Waals surface area contributed by atoms with Gasteiger partial charge in [-0.2, -0.15) is 9.97 Å². The lowest BCUT2D eigenvalue weighted by molar-refractivity contribution is 0.669. The molecule has 0 radical (unpaired) electrons. The second-order valence-electron chi connectivity index (χ2n) is 12.9. The van der Waals surface area contributed by atoms with Crippen LogP contribution in [0.25, 0.3) is 100.0 Å². The van der Waals surface area contributed by atoms with E-state index < -0.39 is 0 Å². The smallest absolute Gasteiger partial charge is 0.238 e. The van der Waals surface area contributed by atoms with E-state index in [1.165, 1.54) is 10.8 Å². The van der Waals surface area contributed by atoms with Crippen LogP contribution in [0.3, 0.4) is 0 Å². The molecule has 0 aliphatic heterocycles. The van der Waals surface area contributed by atoms with E-state index in [2.05, 4.69) is 100 Å². The van der Waals surface area contributed by atoms with Gasteiger partial charge in [-0.05, 0) is 42.5 Å². The number of aromatic nitrogens is 5. The molecule has 4 aromatic heterocycles. The molecule has 0 unspecified atom stereocenters. The van der Waals surface area contributed by atoms with E-state index in [1.807, 2.05) is 72.8 Å². The predicted molar refractivity (Wildman–Crippen MR) is 207 cm³/mol. The first kappa shape index (κ1) is 27.9. The van der Waals surface area contributed by atoms with Crippen LogP contribution in [0.4, 0.5) is 0 Å². The van der Waals surface area contributed by atoms with Crippen molar-refractivity contribution in [1.29, 1.82) is 0 Å². The van der Waals surface area contributed by atoms with E-state index in [1.54, 1.807) is 0 Å². The standard InChI is InChI=1S/C45H27N5O/c1-3-14-28(15-4-1)43-46-44(29-16-5-2-6-17-29)48-45(47-43)50-36-22-11-8-19-31(36)34-26-33-30-18-7-10-21-35(30)49(38(33)27-39(34)50)37-23-13-25-41-42(37)32-20-9-12-24-40(32)51-41/h1-27H. The summed E-state index contributed by atoms with van der Waals surface area (Å²) in [5.74, 6) is 1.82. The Hall–Kier alpha value is -7.05. The van der Waals surface area contributed by atoms with Crippen LogP contribution < -0.4 is 0 Å². The van der Waals surface area contributed by atoms with Gasteiger partial charge in [0.15, 0.2) is 11.6 Å². The van der Waals surface area contributed by atoms with E-state index in [-0.39, 0.29) is 0 Å². The van der Waals surface area contributed by atoms with Crippen molar-refractivity contribution in [3.05, 3.63) is 164 Å². The molecule has 0 aliphatic rings. The Labute approximate surface area is 291 Å². The molecule has 11 aromatic rings. The van der Waals surface area contributed by atoms with Gasteiger partial charge in [-0.15, -0.1) is 0 Å². The summed E-state index contributed by atoms with van der Waals surface area (Å²) in [6, 6.07) is 56.7. The van der Waals surface area contributed by atoms with E-state index >= 15 is 0 Å². The van der Waals surface area contributed by atoms with Gasteiger partial charge in [0.25, 0.3) is 0 Å².